The third kappa shape index (κ3) is 4.79. The van der Waals surface area contributed by atoms with Gasteiger partial charge < -0.3 is 9.73 Å². The first-order valence-electron chi connectivity index (χ1n) is 10.3. The highest BCUT2D eigenvalue weighted by Crippen LogP contribution is 2.27. The lowest BCUT2D eigenvalue weighted by Crippen LogP contribution is -2.30. The summed E-state index contributed by atoms with van der Waals surface area (Å²) in [5, 5.41) is 3.91. The summed E-state index contributed by atoms with van der Waals surface area (Å²) < 4.78 is 5.43. The van der Waals surface area contributed by atoms with Crippen molar-refractivity contribution < 1.29 is 9.21 Å². The van der Waals surface area contributed by atoms with Crippen LogP contribution < -0.4 is 10.9 Å². The molecule has 0 aliphatic carbocycles. The average Bonchev–Trinajstić information content (AvgIpc) is 2.64. The van der Waals surface area contributed by atoms with E-state index in [1.165, 1.54) is 11.6 Å². The second kappa shape index (κ2) is 8.84. The maximum absolute atomic E-state index is 12.6. The van der Waals surface area contributed by atoms with E-state index in [9.17, 15) is 9.59 Å². The van der Waals surface area contributed by atoms with Gasteiger partial charge in [-0.25, -0.2) is 4.79 Å². The molecule has 0 spiro atoms. The second-order valence-electron chi connectivity index (χ2n) is 8.42. The standard InChI is InChI=1S/C25H30N2O3/c1-15(2)20-12-21-19(11-25(29)30-23(21)10-17(20)4)13-27(6)14-24(28)26-22-9-7-8-16(3)18(22)5/h7-12,15H,13-14H2,1-6H3,(H,26,28). The van der Waals surface area contributed by atoms with Crippen molar-refractivity contribution in [3.63, 3.8) is 0 Å². The predicted molar refractivity (Wildman–Crippen MR) is 122 cm³/mol. The molecule has 1 amide bonds. The summed E-state index contributed by atoms with van der Waals surface area (Å²) in [5.74, 6) is 0.285. The van der Waals surface area contributed by atoms with E-state index < -0.39 is 0 Å². The van der Waals surface area contributed by atoms with Crippen LogP contribution in [-0.2, 0) is 11.3 Å². The van der Waals surface area contributed by atoms with Crippen LogP contribution in [0.4, 0.5) is 5.69 Å². The zero-order chi connectivity index (χ0) is 22.0. The van der Waals surface area contributed by atoms with Crippen LogP contribution in [0, 0.1) is 20.8 Å². The van der Waals surface area contributed by atoms with Gasteiger partial charge in [0.25, 0.3) is 0 Å². The number of nitrogens with zero attached hydrogens (tertiary/aromatic N) is 1. The van der Waals surface area contributed by atoms with Crippen LogP contribution >= 0.6 is 0 Å². The van der Waals surface area contributed by atoms with Crippen molar-refractivity contribution in [1.82, 2.24) is 4.90 Å². The molecule has 3 aromatic rings. The maximum atomic E-state index is 12.6. The molecule has 30 heavy (non-hydrogen) atoms. The number of carbonyl (C=O) groups is 1. The summed E-state index contributed by atoms with van der Waals surface area (Å²) in [6.07, 6.45) is 0. The molecule has 0 fully saturated rings. The van der Waals surface area contributed by atoms with Gasteiger partial charge in [-0.2, -0.15) is 0 Å². The molecule has 0 unspecified atom stereocenters. The quantitative estimate of drug-likeness (QED) is 0.591. The van der Waals surface area contributed by atoms with E-state index >= 15 is 0 Å². The second-order valence-corrected chi connectivity index (χ2v) is 8.42. The number of likely N-dealkylation sites (N-methyl/N-ethyl adjacent to an activating group) is 1. The third-order valence-corrected chi connectivity index (χ3v) is 5.57. The summed E-state index contributed by atoms with van der Waals surface area (Å²) in [7, 11) is 1.88. The molecule has 0 saturated carbocycles. The van der Waals surface area contributed by atoms with E-state index in [1.807, 2.05) is 57.0 Å². The minimum Gasteiger partial charge on any atom is -0.423 e. The van der Waals surface area contributed by atoms with E-state index in [0.29, 0.717) is 18.0 Å². The highest BCUT2D eigenvalue weighted by molar-refractivity contribution is 5.93. The Balaban J connectivity index is 1.81. The van der Waals surface area contributed by atoms with Crippen LogP contribution in [0.1, 0.15) is 47.6 Å². The molecular weight excluding hydrogens is 376 g/mol. The molecule has 0 saturated heterocycles. The molecule has 0 aliphatic heterocycles. The van der Waals surface area contributed by atoms with Crippen LogP contribution in [0.3, 0.4) is 0 Å². The topological polar surface area (TPSA) is 62.6 Å². The highest BCUT2D eigenvalue weighted by atomic mass is 16.4. The Bertz CT molecular complexity index is 1150. The van der Waals surface area contributed by atoms with Gasteiger partial charge in [0.2, 0.25) is 5.91 Å². The number of anilines is 1. The normalized spacial score (nSPS) is 11.5. The van der Waals surface area contributed by atoms with Crippen LogP contribution in [0.5, 0.6) is 0 Å². The first-order chi connectivity index (χ1) is 14.2. The number of aryl methyl sites for hydroxylation is 2. The number of fused-ring (bicyclic) bond motifs is 1. The van der Waals surface area contributed by atoms with E-state index in [4.69, 9.17) is 4.42 Å². The number of rotatable bonds is 6. The predicted octanol–water partition coefficient (Wildman–Crippen LogP) is 4.91. The highest BCUT2D eigenvalue weighted by Gasteiger charge is 2.14. The Morgan fingerprint density at radius 1 is 1.10 bits per heavy atom. The molecule has 0 atom stereocenters. The summed E-state index contributed by atoms with van der Waals surface area (Å²) in [4.78, 5) is 26.6. The van der Waals surface area contributed by atoms with Crippen molar-refractivity contribution in [3.05, 3.63) is 74.6 Å². The van der Waals surface area contributed by atoms with Crippen molar-refractivity contribution in [2.45, 2.75) is 47.1 Å². The fourth-order valence-electron chi connectivity index (χ4n) is 3.81. The van der Waals surface area contributed by atoms with Crippen molar-refractivity contribution in [1.29, 1.82) is 0 Å². The summed E-state index contributed by atoms with van der Waals surface area (Å²) in [6, 6.07) is 11.4. The van der Waals surface area contributed by atoms with Gasteiger partial charge in [0.1, 0.15) is 5.58 Å². The number of hydrogen-bond donors (Lipinski definition) is 1. The van der Waals surface area contributed by atoms with Crippen molar-refractivity contribution in [2.75, 3.05) is 18.9 Å². The van der Waals surface area contributed by atoms with E-state index in [0.717, 1.165) is 33.3 Å². The van der Waals surface area contributed by atoms with Gasteiger partial charge in [0.05, 0.1) is 6.54 Å². The zero-order valence-electron chi connectivity index (χ0n) is 18.6. The van der Waals surface area contributed by atoms with Gasteiger partial charge >= 0.3 is 5.63 Å². The lowest BCUT2D eigenvalue weighted by Gasteiger charge is -2.19. The van der Waals surface area contributed by atoms with E-state index in [-0.39, 0.29) is 18.1 Å². The maximum Gasteiger partial charge on any atom is 0.336 e. The molecule has 1 aromatic heterocycles. The van der Waals surface area contributed by atoms with Gasteiger partial charge in [0, 0.05) is 23.7 Å². The molecule has 0 bridgehead atoms. The molecule has 0 radical (unpaired) electrons. The van der Waals surface area contributed by atoms with Gasteiger partial charge in [-0.1, -0.05) is 26.0 Å². The number of carbonyl (C=O) groups excluding carboxylic acids is 1. The van der Waals surface area contributed by atoms with Crippen LogP contribution in [-0.4, -0.2) is 24.4 Å². The minimum absolute atomic E-state index is 0.0859. The van der Waals surface area contributed by atoms with Gasteiger partial charge in [0.15, 0.2) is 0 Å². The number of nitrogens with one attached hydrogen (secondary N) is 1. The van der Waals surface area contributed by atoms with Gasteiger partial charge in [-0.15, -0.1) is 0 Å². The average molecular weight is 407 g/mol. The van der Waals surface area contributed by atoms with Gasteiger partial charge in [-0.3, -0.25) is 9.69 Å². The monoisotopic (exact) mass is 406 g/mol. The molecule has 5 heteroatoms. The van der Waals surface area contributed by atoms with Crippen molar-refractivity contribution in [3.8, 4) is 0 Å². The Labute approximate surface area is 177 Å². The molecule has 158 valence electrons. The lowest BCUT2D eigenvalue weighted by atomic mass is 9.95. The van der Waals surface area contributed by atoms with Crippen LogP contribution in [0.25, 0.3) is 11.0 Å². The fraction of sp³-hybridized carbons (Fsp3) is 0.360. The third-order valence-electron chi connectivity index (χ3n) is 5.57. The van der Waals surface area contributed by atoms with Crippen LogP contribution in [0.15, 0.2) is 45.6 Å². The number of benzene rings is 2. The first kappa shape index (κ1) is 21.8. The summed E-state index contributed by atoms with van der Waals surface area (Å²) >= 11 is 0. The molecule has 1 N–H and O–H groups in total. The molecule has 2 aromatic carbocycles. The molecule has 0 aliphatic rings. The van der Waals surface area contributed by atoms with Crippen molar-refractivity contribution in [2.24, 2.45) is 0 Å². The van der Waals surface area contributed by atoms with Gasteiger partial charge in [-0.05, 0) is 79.8 Å². The molecule has 3 rings (SSSR count). The molecule has 1 heterocycles. The Kier molecular flexibility index (Phi) is 6.42. The lowest BCUT2D eigenvalue weighted by molar-refractivity contribution is -0.117. The Morgan fingerprint density at radius 2 is 1.83 bits per heavy atom. The fourth-order valence-corrected chi connectivity index (χ4v) is 3.81. The molecular formula is C25H30N2O3. The molecule has 5 nitrogen and oxygen atoms in total. The van der Waals surface area contributed by atoms with E-state index in [1.54, 1.807) is 0 Å². The zero-order valence-corrected chi connectivity index (χ0v) is 18.6. The minimum atomic E-state index is -0.373. The Hall–Kier alpha value is -2.92. The number of amides is 1. The van der Waals surface area contributed by atoms with Crippen LogP contribution in [0.2, 0.25) is 0 Å². The number of hydrogen-bond acceptors (Lipinski definition) is 4. The first-order valence-corrected chi connectivity index (χ1v) is 10.3. The largest absolute Gasteiger partial charge is 0.423 e. The summed E-state index contributed by atoms with van der Waals surface area (Å²) in [6.45, 7) is 11.0. The smallest absolute Gasteiger partial charge is 0.336 e. The Morgan fingerprint density at radius 3 is 2.53 bits per heavy atom. The summed E-state index contributed by atoms with van der Waals surface area (Å²) in [5.41, 5.74) is 6.46. The van der Waals surface area contributed by atoms with E-state index in [2.05, 4.69) is 25.2 Å². The van der Waals surface area contributed by atoms with Crippen molar-refractivity contribution >= 4 is 22.6 Å². The SMILES string of the molecule is Cc1cc2oc(=O)cc(CN(C)CC(=O)Nc3cccc(C)c3C)c2cc1C(C)C.